The molecule has 9 heteroatoms. The summed E-state index contributed by atoms with van der Waals surface area (Å²) < 4.78 is 10.0. The van der Waals surface area contributed by atoms with E-state index in [1.165, 1.54) is 0 Å². The number of methoxy groups -OCH3 is 1. The minimum absolute atomic E-state index is 0.0723. The Kier molecular flexibility index (Phi) is 7.64. The smallest absolute Gasteiger partial charge is 0.335 e. The number of carboxylic acid groups (broad SMARTS) is 1. The molecule has 0 aliphatic heterocycles. The minimum atomic E-state index is -1.34. The maximum atomic E-state index is 11.9. The van der Waals surface area contributed by atoms with Gasteiger partial charge in [0.2, 0.25) is 0 Å². The lowest BCUT2D eigenvalue weighted by atomic mass is 10.1. The summed E-state index contributed by atoms with van der Waals surface area (Å²) in [5.41, 5.74) is -0.831. The van der Waals surface area contributed by atoms with Crippen molar-refractivity contribution in [2.45, 2.75) is 6.42 Å². The molecule has 23 heavy (non-hydrogen) atoms. The lowest BCUT2D eigenvalue weighted by molar-refractivity contribution is -0.384. The van der Waals surface area contributed by atoms with E-state index in [2.05, 4.69) is 5.32 Å². The van der Waals surface area contributed by atoms with Gasteiger partial charge in [-0.25, -0.2) is 4.79 Å². The molecule has 0 aliphatic rings. The molecule has 0 saturated heterocycles. The van der Waals surface area contributed by atoms with Crippen LogP contribution in [0.1, 0.15) is 27.1 Å². The van der Waals surface area contributed by atoms with Crippen LogP contribution in [0.2, 0.25) is 0 Å². The molecule has 2 N–H and O–H groups in total. The second kappa shape index (κ2) is 9.49. The first-order valence-electron chi connectivity index (χ1n) is 6.83. The number of carbonyl (C=O) groups excluding carboxylic acids is 1. The summed E-state index contributed by atoms with van der Waals surface area (Å²) >= 11 is 0. The number of benzene rings is 1. The van der Waals surface area contributed by atoms with Crippen LogP contribution < -0.4 is 5.32 Å². The van der Waals surface area contributed by atoms with Crippen molar-refractivity contribution in [1.82, 2.24) is 5.32 Å². The van der Waals surface area contributed by atoms with Gasteiger partial charge in [0.25, 0.3) is 11.6 Å². The van der Waals surface area contributed by atoms with Crippen molar-refractivity contribution in [2.75, 3.05) is 33.5 Å². The average molecular weight is 326 g/mol. The summed E-state index contributed by atoms with van der Waals surface area (Å²) in [5.74, 6) is -1.91. The summed E-state index contributed by atoms with van der Waals surface area (Å²) in [7, 11) is 1.56. The fourth-order valence-electron chi connectivity index (χ4n) is 1.69. The van der Waals surface area contributed by atoms with Gasteiger partial charge < -0.3 is 19.9 Å². The Bertz CT molecular complexity index is 542. The van der Waals surface area contributed by atoms with Crippen LogP contribution in [0.5, 0.6) is 0 Å². The average Bonchev–Trinajstić information content (AvgIpc) is 2.53. The van der Waals surface area contributed by atoms with Crippen LogP contribution in [0.25, 0.3) is 0 Å². The fourth-order valence-corrected chi connectivity index (χ4v) is 1.69. The van der Waals surface area contributed by atoms with Crippen LogP contribution >= 0.6 is 0 Å². The van der Waals surface area contributed by atoms with Gasteiger partial charge in [0.1, 0.15) is 0 Å². The third-order valence-corrected chi connectivity index (χ3v) is 2.82. The summed E-state index contributed by atoms with van der Waals surface area (Å²) in [4.78, 5) is 32.9. The molecule has 0 radical (unpaired) electrons. The molecule has 0 aromatic heterocycles. The van der Waals surface area contributed by atoms with Gasteiger partial charge in [0.05, 0.1) is 23.7 Å². The van der Waals surface area contributed by atoms with Gasteiger partial charge in [0.15, 0.2) is 0 Å². The molecule has 0 bridgehead atoms. The molecule has 1 aromatic carbocycles. The molecular formula is C14H18N2O7. The van der Waals surface area contributed by atoms with Crippen LogP contribution in [-0.4, -0.2) is 55.4 Å². The Morgan fingerprint density at radius 2 is 1.91 bits per heavy atom. The minimum Gasteiger partial charge on any atom is -0.478 e. The van der Waals surface area contributed by atoms with E-state index in [0.29, 0.717) is 32.8 Å². The SMILES string of the molecule is COCCOCCCNC(=O)c1cc(C(=O)O)cc([N+](=O)[O-])c1. The highest BCUT2D eigenvalue weighted by molar-refractivity contribution is 5.98. The van der Waals surface area contributed by atoms with Gasteiger partial charge in [-0.1, -0.05) is 0 Å². The first kappa shape index (κ1) is 18.5. The van der Waals surface area contributed by atoms with Crippen LogP contribution in [0.3, 0.4) is 0 Å². The normalized spacial score (nSPS) is 10.3. The van der Waals surface area contributed by atoms with Gasteiger partial charge >= 0.3 is 5.97 Å². The molecule has 0 spiro atoms. The quantitative estimate of drug-likeness (QED) is 0.374. The van der Waals surface area contributed by atoms with E-state index in [9.17, 15) is 19.7 Å². The van der Waals surface area contributed by atoms with Crippen molar-refractivity contribution in [3.8, 4) is 0 Å². The third-order valence-electron chi connectivity index (χ3n) is 2.82. The number of nitro benzene ring substituents is 1. The number of carbonyl (C=O) groups is 2. The molecule has 0 heterocycles. The number of rotatable bonds is 10. The van der Waals surface area contributed by atoms with E-state index in [1.54, 1.807) is 7.11 Å². The Morgan fingerprint density at radius 1 is 1.22 bits per heavy atom. The number of carboxylic acids is 1. The van der Waals surface area contributed by atoms with Gasteiger partial charge in [-0.05, 0) is 12.5 Å². The van der Waals surface area contributed by atoms with Crippen LogP contribution in [-0.2, 0) is 9.47 Å². The second-order valence-corrected chi connectivity index (χ2v) is 4.55. The van der Waals surface area contributed by atoms with Crippen LogP contribution in [0.15, 0.2) is 18.2 Å². The Hall–Kier alpha value is -2.52. The molecular weight excluding hydrogens is 308 g/mol. The number of non-ortho nitro benzene ring substituents is 1. The maximum absolute atomic E-state index is 11.9. The van der Waals surface area contributed by atoms with Gasteiger partial charge in [-0.2, -0.15) is 0 Å². The molecule has 0 aliphatic carbocycles. The largest absolute Gasteiger partial charge is 0.478 e. The van der Waals surface area contributed by atoms with Crippen molar-refractivity contribution in [3.63, 3.8) is 0 Å². The van der Waals surface area contributed by atoms with E-state index in [-0.39, 0.29) is 11.1 Å². The number of hydrogen-bond donors (Lipinski definition) is 2. The molecule has 1 amide bonds. The standard InChI is InChI=1S/C14H18N2O7/c1-22-5-6-23-4-2-3-15-13(17)10-7-11(14(18)19)9-12(8-10)16(20)21/h7-9H,2-6H2,1H3,(H,15,17)(H,18,19). The Morgan fingerprint density at radius 3 is 2.52 bits per heavy atom. The Balaban J connectivity index is 2.58. The predicted octanol–water partition coefficient (Wildman–Crippen LogP) is 1.08. The zero-order valence-corrected chi connectivity index (χ0v) is 12.6. The summed E-state index contributed by atoms with van der Waals surface area (Å²) in [5, 5.41) is 22.3. The number of ether oxygens (including phenoxy) is 2. The van der Waals surface area contributed by atoms with Gasteiger partial charge in [-0.3, -0.25) is 14.9 Å². The molecule has 0 fully saturated rings. The molecule has 126 valence electrons. The van der Waals surface area contributed by atoms with Gasteiger partial charge in [0, 0.05) is 38.0 Å². The number of aromatic carboxylic acids is 1. The van der Waals surface area contributed by atoms with Crippen molar-refractivity contribution >= 4 is 17.6 Å². The monoisotopic (exact) mass is 326 g/mol. The third kappa shape index (κ3) is 6.41. The van der Waals surface area contributed by atoms with E-state index >= 15 is 0 Å². The second-order valence-electron chi connectivity index (χ2n) is 4.55. The van der Waals surface area contributed by atoms with Gasteiger partial charge in [-0.15, -0.1) is 0 Å². The van der Waals surface area contributed by atoms with Crippen molar-refractivity contribution < 1.29 is 29.1 Å². The highest BCUT2D eigenvalue weighted by Crippen LogP contribution is 2.17. The lowest BCUT2D eigenvalue weighted by Crippen LogP contribution is -2.25. The molecule has 9 nitrogen and oxygen atoms in total. The zero-order valence-electron chi connectivity index (χ0n) is 12.6. The number of nitrogens with zero attached hydrogens (tertiary/aromatic N) is 1. The summed E-state index contributed by atoms with van der Waals surface area (Å²) in [6.07, 6.45) is 0.552. The summed E-state index contributed by atoms with van der Waals surface area (Å²) in [6, 6.07) is 3.04. The number of amides is 1. The molecule has 0 saturated carbocycles. The van der Waals surface area contributed by atoms with Crippen molar-refractivity contribution in [1.29, 1.82) is 0 Å². The summed E-state index contributed by atoms with van der Waals surface area (Å²) in [6.45, 7) is 1.67. The number of hydrogen-bond acceptors (Lipinski definition) is 6. The molecule has 0 unspecified atom stereocenters. The van der Waals surface area contributed by atoms with Crippen LogP contribution in [0.4, 0.5) is 5.69 Å². The first-order chi connectivity index (χ1) is 11.0. The van der Waals surface area contributed by atoms with Crippen LogP contribution in [0, 0.1) is 10.1 Å². The highest BCUT2D eigenvalue weighted by atomic mass is 16.6. The van der Waals surface area contributed by atoms with E-state index in [4.69, 9.17) is 14.6 Å². The van der Waals surface area contributed by atoms with Crippen molar-refractivity contribution in [2.24, 2.45) is 0 Å². The predicted molar refractivity (Wildman–Crippen MR) is 79.7 cm³/mol. The molecule has 1 aromatic rings. The van der Waals surface area contributed by atoms with E-state index in [1.807, 2.05) is 0 Å². The zero-order chi connectivity index (χ0) is 17.2. The first-order valence-corrected chi connectivity index (χ1v) is 6.83. The molecule has 0 atom stereocenters. The van der Waals surface area contributed by atoms with E-state index in [0.717, 1.165) is 18.2 Å². The number of nitrogens with one attached hydrogen (secondary N) is 1. The van der Waals surface area contributed by atoms with E-state index < -0.39 is 22.5 Å². The lowest BCUT2D eigenvalue weighted by Gasteiger charge is -2.07. The molecule has 1 rings (SSSR count). The fraction of sp³-hybridized carbons (Fsp3) is 0.429. The topological polar surface area (TPSA) is 128 Å². The number of nitro groups is 1. The maximum Gasteiger partial charge on any atom is 0.335 e. The van der Waals surface area contributed by atoms with Crippen molar-refractivity contribution in [3.05, 3.63) is 39.4 Å². The Labute approximate surface area is 132 Å². The highest BCUT2D eigenvalue weighted by Gasteiger charge is 2.17.